The quantitative estimate of drug-likeness (QED) is 0.0434. The fraction of sp³-hybridized carbons (Fsp3) is 0.256. The molecular weight excluding hydrogens is 667 g/mol. The van der Waals surface area contributed by atoms with Crippen LogP contribution in [0.25, 0.3) is 21.6 Å². The second-order valence-electron chi connectivity index (χ2n) is 12.7. The molecule has 53 heavy (non-hydrogen) atoms. The first kappa shape index (κ1) is 36.7. The molecule has 0 aliphatic carbocycles. The predicted molar refractivity (Wildman–Crippen MR) is 206 cm³/mol. The maximum atomic E-state index is 14.9. The number of aliphatic hydroxyl groups excluding tert-OH is 1. The number of aliphatic hydroxyl groups is 1. The smallest absolute Gasteiger partial charge is 0.252 e. The summed E-state index contributed by atoms with van der Waals surface area (Å²) in [4.78, 5) is 23.1. The zero-order chi connectivity index (χ0) is 36.9. The van der Waals surface area contributed by atoms with Crippen LogP contribution in [-0.4, -0.2) is 48.8 Å². The second kappa shape index (κ2) is 17.9. The Hall–Kier alpha value is -6.09. The number of ether oxygens (including phenoxy) is 3. The van der Waals surface area contributed by atoms with Crippen molar-refractivity contribution in [1.82, 2.24) is 5.32 Å². The van der Waals surface area contributed by atoms with E-state index in [1.807, 2.05) is 122 Å². The first-order chi connectivity index (χ1) is 26.0. The van der Waals surface area contributed by atoms with E-state index >= 15 is 0 Å². The highest BCUT2D eigenvalue weighted by atomic mass is 16.5. The molecule has 5 aromatic carbocycles. The van der Waals surface area contributed by atoms with E-state index in [2.05, 4.69) is 27.5 Å². The molecule has 2 atom stereocenters. The van der Waals surface area contributed by atoms with Crippen molar-refractivity contribution < 1.29 is 24.1 Å². The van der Waals surface area contributed by atoms with Crippen LogP contribution in [0.1, 0.15) is 47.3 Å². The van der Waals surface area contributed by atoms with Crippen molar-refractivity contribution in [1.29, 1.82) is 0 Å². The minimum absolute atomic E-state index is 0.0472. The standard InChI is InChI=1S/C43H43N5O5/c1-2-51-39-16-9-8-13-33(39)25-26-45-42(50)43(29-36-14-6-7-15-37(36)30-46-48-44)40(34-19-17-32(18-20-34)31-11-4-3-5-12-31)53-41(47-43)35-21-23-38(24-22-35)52-28-10-27-49/h3-9,11-24,40,49H,2,10,25-30H2,1H3,(H,45,50)/t40-,43-/m1/s1. The summed E-state index contributed by atoms with van der Waals surface area (Å²) in [6.45, 7) is 3.40. The number of carbonyl (C=O) groups excluding carboxylic acids is 1. The predicted octanol–water partition coefficient (Wildman–Crippen LogP) is 8.18. The minimum Gasteiger partial charge on any atom is -0.494 e. The van der Waals surface area contributed by atoms with Gasteiger partial charge in [0.15, 0.2) is 11.6 Å². The summed E-state index contributed by atoms with van der Waals surface area (Å²) < 4.78 is 18.4. The van der Waals surface area contributed by atoms with Crippen LogP contribution in [0.3, 0.4) is 0 Å². The van der Waals surface area contributed by atoms with Gasteiger partial charge in [0.25, 0.3) is 5.91 Å². The van der Waals surface area contributed by atoms with E-state index in [4.69, 9.17) is 29.8 Å². The van der Waals surface area contributed by atoms with Gasteiger partial charge in [0.1, 0.15) is 11.5 Å². The Balaban J connectivity index is 1.41. The Kier molecular flexibility index (Phi) is 12.4. The van der Waals surface area contributed by atoms with E-state index in [1.54, 1.807) is 0 Å². The van der Waals surface area contributed by atoms with Crippen LogP contribution in [-0.2, 0) is 28.9 Å². The van der Waals surface area contributed by atoms with Gasteiger partial charge in [0, 0.05) is 36.5 Å². The van der Waals surface area contributed by atoms with Crippen molar-refractivity contribution in [2.75, 3.05) is 26.4 Å². The molecule has 0 bridgehead atoms. The molecule has 1 aliphatic rings. The van der Waals surface area contributed by atoms with Gasteiger partial charge in [-0.15, -0.1) is 0 Å². The van der Waals surface area contributed by atoms with Gasteiger partial charge in [-0.3, -0.25) is 4.79 Å². The zero-order valence-electron chi connectivity index (χ0n) is 29.7. The fourth-order valence-corrected chi connectivity index (χ4v) is 6.52. The molecule has 1 heterocycles. The molecule has 270 valence electrons. The molecule has 10 heteroatoms. The van der Waals surface area contributed by atoms with Gasteiger partial charge in [-0.25, -0.2) is 4.99 Å². The average molecular weight is 710 g/mol. The van der Waals surface area contributed by atoms with Crippen LogP contribution < -0.4 is 14.8 Å². The number of azide groups is 1. The maximum Gasteiger partial charge on any atom is 0.252 e. The molecular formula is C43H43N5O5. The molecule has 0 spiro atoms. The van der Waals surface area contributed by atoms with Gasteiger partial charge in [0.05, 0.1) is 19.8 Å². The number of amides is 1. The van der Waals surface area contributed by atoms with Crippen molar-refractivity contribution >= 4 is 11.8 Å². The Morgan fingerprint density at radius 1 is 0.849 bits per heavy atom. The number of para-hydroxylation sites is 1. The summed E-state index contributed by atoms with van der Waals surface area (Å²) in [7, 11) is 0. The number of nitrogens with zero attached hydrogens (tertiary/aromatic N) is 4. The van der Waals surface area contributed by atoms with E-state index in [1.165, 1.54) is 0 Å². The lowest BCUT2D eigenvalue weighted by Crippen LogP contribution is -2.50. The summed E-state index contributed by atoms with van der Waals surface area (Å²) in [5, 5.41) is 16.2. The third kappa shape index (κ3) is 8.87. The topological polar surface area (TPSA) is 138 Å². The van der Waals surface area contributed by atoms with Gasteiger partial charge in [-0.1, -0.05) is 102 Å². The molecule has 0 radical (unpaired) electrons. The van der Waals surface area contributed by atoms with Crippen LogP contribution in [0.5, 0.6) is 11.5 Å². The van der Waals surface area contributed by atoms with Crippen LogP contribution in [0.4, 0.5) is 0 Å². The lowest BCUT2D eigenvalue weighted by atomic mass is 9.80. The van der Waals surface area contributed by atoms with E-state index in [0.717, 1.165) is 39.1 Å². The molecule has 0 aromatic heterocycles. The summed E-state index contributed by atoms with van der Waals surface area (Å²) in [5.41, 5.74) is 13.9. The van der Waals surface area contributed by atoms with E-state index < -0.39 is 11.6 Å². The van der Waals surface area contributed by atoms with E-state index in [9.17, 15) is 4.79 Å². The lowest BCUT2D eigenvalue weighted by Gasteiger charge is -2.31. The number of rotatable bonds is 17. The molecule has 2 N–H and O–H groups in total. The molecule has 5 aromatic rings. The number of hydrogen-bond acceptors (Lipinski definition) is 7. The number of benzene rings is 5. The molecule has 0 fully saturated rings. The van der Waals surface area contributed by atoms with Gasteiger partial charge in [0.2, 0.25) is 5.90 Å². The fourth-order valence-electron chi connectivity index (χ4n) is 6.52. The molecule has 6 rings (SSSR count). The van der Waals surface area contributed by atoms with Crippen molar-refractivity contribution in [2.24, 2.45) is 10.1 Å². The average Bonchev–Trinajstić information content (AvgIpc) is 3.59. The number of aliphatic imine (C=N–C) groups is 1. The van der Waals surface area contributed by atoms with Gasteiger partial charge >= 0.3 is 0 Å². The van der Waals surface area contributed by atoms with Crippen molar-refractivity contribution in [2.45, 2.75) is 44.4 Å². The SMILES string of the molecule is CCOc1ccccc1CCNC(=O)[C@]1(Cc2ccccc2CN=[N+]=[N-])N=C(c2ccc(OCCCO)cc2)O[C@@H]1c1ccc(-c2ccccc2)cc1. The second-order valence-corrected chi connectivity index (χ2v) is 12.7. The summed E-state index contributed by atoms with van der Waals surface area (Å²) in [6.07, 6.45) is 0.462. The normalized spacial score (nSPS) is 16.2. The Morgan fingerprint density at radius 2 is 1.51 bits per heavy atom. The first-order valence-corrected chi connectivity index (χ1v) is 17.9. The van der Waals surface area contributed by atoms with Crippen molar-refractivity contribution in [3.63, 3.8) is 0 Å². The van der Waals surface area contributed by atoms with Crippen LogP contribution in [0.15, 0.2) is 138 Å². The zero-order valence-corrected chi connectivity index (χ0v) is 29.7. The van der Waals surface area contributed by atoms with Crippen molar-refractivity contribution in [3.05, 3.63) is 166 Å². The number of carbonyl (C=O) groups is 1. The third-order valence-electron chi connectivity index (χ3n) is 9.19. The molecule has 0 saturated carbocycles. The lowest BCUT2D eigenvalue weighted by molar-refractivity contribution is -0.128. The molecule has 1 aliphatic heterocycles. The Bertz CT molecular complexity index is 2050. The monoisotopic (exact) mass is 709 g/mol. The first-order valence-electron chi connectivity index (χ1n) is 17.9. The van der Waals surface area contributed by atoms with Crippen LogP contribution in [0.2, 0.25) is 0 Å². The maximum absolute atomic E-state index is 14.9. The largest absolute Gasteiger partial charge is 0.494 e. The van der Waals surface area contributed by atoms with Gasteiger partial charge < -0.3 is 24.6 Å². The Morgan fingerprint density at radius 3 is 2.23 bits per heavy atom. The number of nitrogens with one attached hydrogen (secondary N) is 1. The van der Waals surface area contributed by atoms with Gasteiger partial charge in [-0.2, -0.15) is 0 Å². The van der Waals surface area contributed by atoms with Crippen LogP contribution >= 0.6 is 0 Å². The summed E-state index contributed by atoms with van der Waals surface area (Å²) >= 11 is 0. The highest BCUT2D eigenvalue weighted by Gasteiger charge is 2.53. The molecule has 10 nitrogen and oxygen atoms in total. The van der Waals surface area contributed by atoms with E-state index in [0.29, 0.717) is 49.8 Å². The Labute approximate surface area is 309 Å². The summed E-state index contributed by atoms with van der Waals surface area (Å²) in [5.74, 6) is 1.47. The minimum atomic E-state index is -1.44. The molecule has 1 amide bonds. The number of hydrogen-bond donors (Lipinski definition) is 2. The highest BCUT2D eigenvalue weighted by Crippen LogP contribution is 2.43. The summed E-state index contributed by atoms with van der Waals surface area (Å²) in [6, 6.07) is 41.0. The van der Waals surface area contributed by atoms with Crippen molar-refractivity contribution in [3.8, 4) is 22.6 Å². The third-order valence-corrected chi connectivity index (χ3v) is 9.19. The highest BCUT2D eigenvalue weighted by molar-refractivity contribution is 6.01. The van der Waals surface area contributed by atoms with Crippen LogP contribution in [0, 0.1) is 0 Å². The van der Waals surface area contributed by atoms with Gasteiger partial charge in [-0.05, 0) is 82.6 Å². The molecule has 0 unspecified atom stereocenters. The molecule has 0 saturated heterocycles. The van der Waals surface area contributed by atoms with E-state index in [-0.39, 0.29) is 25.5 Å².